The second-order valence-corrected chi connectivity index (χ2v) is 6.66. The Bertz CT molecular complexity index is 599. The third-order valence-electron chi connectivity index (χ3n) is 5.10. The molecule has 1 aromatic carbocycles. The summed E-state index contributed by atoms with van der Waals surface area (Å²) < 4.78 is 0. The second-order valence-electron chi connectivity index (χ2n) is 6.66. The highest BCUT2D eigenvalue weighted by molar-refractivity contribution is 5.94. The van der Waals surface area contributed by atoms with E-state index in [1.54, 1.807) is 24.3 Å². The van der Waals surface area contributed by atoms with E-state index in [-0.39, 0.29) is 18.1 Å². The molecule has 0 unspecified atom stereocenters. The number of nitriles is 1. The summed E-state index contributed by atoms with van der Waals surface area (Å²) in [5, 5.41) is 25.1. The lowest BCUT2D eigenvalue weighted by Gasteiger charge is -2.43. The third kappa shape index (κ3) is 3.72. The van der Waals surface area contributed by atoms with Crippen LogP contribution in [0.2, 0.25) is 0 Å². The first-order chi connectivity index (χ1) is 11.2. The van der Waals surface area contributed by atoms with E-state index in [1.807, 2.05) is 0 Å². The minimum absolute atomic E-state index is 0.110. The molecule has 2 aliphatic rings. The highest BCUT2D eigenvalue weighted by Crippen LogP contribution is 2.35. The molecule has 5 heteroatoms. The maximum absolute atomic E-state index is 12.6. The van der Waals surface area contributed by atoms with Crippen molar-refractivity contribution in [3.8, 4) is 6.07 Å². The van der Waals surface area contributed by atoms with Gasteiger partial charge in [0.2, 0.25) is 0 Å². The molecular formula is C18H23N3O2. The van der Waals surface area contributed by atoms with Gasteiger partial charge in [-0.2, -0.15) is 5.26 Å². The van der Waals surface area contributed by atoms with Gasteiger partial charge >= 0.3 is 0 Å². The molecule has 0 bridgehead atoms. The van der Waals surface area contributed by atoms with Gasteiger partial charge in [-0.25, -0.2) is 0 Å². The topological polar surface area (TPSA) is 85.2 Å². The summed E-state index contributed by atoms with van der Waals surface area (Å²) in [5.74, 6) is 0.695. The Labute approximate surface area is 136 Å². The SMILES string of the molecule is N#Cc1cccc(C(=O)N[C@H](C2CCNCC2)C2CC(O)C2)c1. The van der Waals surface area contributed by atoms with Gasteiger partial charge in [0.05, 0.1) is 17.7 Å². The maximum Gasteiger partial charge on any atom is 0.251 e. The van der Waals surface area contributed by atoms with Crippen LogP contribution in [0.25, 0.3) is 0 Å². The number of hydrogen-bond donors (Lipinski definition) is 3. The van der Waals surface area contributed by atoms with Gasteiger partial charge in [-0.15, -0.1) is 0 Å². The highest BCUT2D eigenvalue weighted by atomic mass is 16.3. The fourth-order valence-corrected chi connectivity index (χ4v) is 3.71. The molecule has 0 spiro atoms. The van der Waals surface area contributed by atoms with Gasteiger partial charge in [-0.05, 0) is 68.8 Å². The fourth-order valence-electron chi connectivity index (χ4n) is 3.71. The molecule has 122 valence electrons. The molecule has 1 aliphatic carbocycles. The van der Waals surface area contributed by atoms with Crippen LogP contribution >= 0.6 is 0 Å². The average molecular weight is 313 g/mol. The van der Waals surface area contributed by atoms with Crippen LogP contribution < -0.4 is 10.6 Å². The van der Waals surface area contributed by atoms with E-state index in [2.05, 4.69) is 16.7 Å². The normalized spacial score (nSPS) is 25.9. The van der Waals surface area contributed by atoms with Crippen molar-refractivity contribution in [3.05, 3.63) is 35.4 Å². The average Bonchev–Trinajstić information content (AvgIpc) is 2.58. The van der Waals surface area contributed by atoms with Crippen molar-refractivity contribution >= 4 is 5.91 Å². The summed E-state index contributed by atoms with van der Waals surface area (Å²) in [7, 11) is 0. The number of carbonyl (C=O) groups is 1. The predicted molar refractivity (Wildman–Crippen MR) is 86.7 cm³/mol. The molecule has 1 amide bonds. The van der Waals surface area contributed by atoms with Crippen LogP contribution in [-0.2, 0) is 0 Å². The van der Waals surface area contributed by atoms with E-state index in [0.717, 1.165) is 38.8 Å². The van der Waals surface area contributed by atoms with Crippen LogP contribution in [-0.4, -0.2) is 36.2 Å². The van der Waals surface area contributed by atoms with E-state index >= 15 is 0 Å². The van der Waals surface area contributed by atoms with Crippen molar-refractivity contribution in [2.45, 2.75) is 37.8 Å². The number of nitrogens with one attached hydrogen (secondary N) is 2. The van der Waals surface area contributed by atoms with Gasteiger partial charge < -0.3 is 15.7 Å². The lowest BCUT2D eigenvalue weighted by atomic mass is 9.71. The number of amides is 1. The molecule has 1 saturated carbocycles. The van der Waals surface area contributed by atoms with Gasteiger partial charge in [-0.1, -0.05) is 6.07 Å². The number of aliphatic hydroxyl groups excluding tert-OH is 1. The largest absolute Gasteiger partial charge is 0.393 e. The van der Waals surface area contributed by atoms with Crippen LogP contribution in [0.1, 0.15) is 41.6 Å². The van der Waals surface area contributed by atoms with Gasteiger partial charge in [0.15, 0.2) is 0 Å². The molecule has 3 N–H and O–H groups in total. The Hall–Kier alpha value is -1.90. The van der Waals surface area contributed by atoms with Crippen molar-refractivity contribution in [1.29, 1.82) is 5.26 Å². The Morgan fingerprint density at radius 3 is 2.70 bits per heavy atom. The molecule has 5 nitrogen and oxygen atoms in total. The Balaban J connectivity index is 1.71. The molecule has 23 heavy (non-hydrogen) atoms. The third-order valence-corrected chi connectivity index (χ3v) is 5.10. The maximum atomic E-state index is 12.6. The lowest BCUT2D eigenvalue weighted by Crippen LogP contribution is -2.52. The number of rotatable bonds is 4. The Morgan fingerprint density at radius 1 is 1.30 bits per heavy atom. The number of nitrogens with zero attached hydrogens (tertiary/aromatic N) is 1. The first kappa shape index (κ1) is 16.0. The van der Waals surface area contributed by atoms with Crippen LogP contribution in [0.5, 0.6) is 0 Å². The van der Waals surface area contributed by atoms with Crippen molar-refractivity contribution in [3.63, 3.8) is 0 Å². The zero-order valence-electron chi connectivity index (χ0n) is 13.2. The number of aliphatic hydroxyl groups is 1. The summed E-state index contributed by atoms with van der Waals surface area (Å²) in [6.45, 7) is 1.96. The van der Waals surface area contributed by atoms with Crippen molar-refractivity contribution in [1.82, 2.24) is 10.6 Å². The van der Waals surface area contributed by atoms with Crippen LogP contribution in [0.4, 0.5) is 0 Å². The summed E-state index contributed by atoms with van der Waals surface area (Å²) >= 11 is 0. The zero-order chi connectivity index (χ0) is 16.2. The zero-order valence-corrected chi connectivity index (χ0v) is 13.2. The Kier molecular flexibility index (Phi) is 4.94. The van der Waals surface area contributed by atoms with E-state index in [4.69, 9.17) is 5.26 Å². The van der Waals surface area contributed by atoms with E-state index in [9.17, 15) is 9.90 Å². The van der Waals surface area contributed by atoms with Gasteiger partial charge in [0.1, 0.15) is 0 Å². The van der Waals surface area contributed by atoms with Crippen molar-refractivity contribution in [2.75, 3.05) is 13.1 Å². The quantitative estimate of drug-likeness (QED) is 0.785. The number of benzene rings is 1. The number of carbonyl (C=O) groups excluding carboxylic acids is 1. The standard InChI is InChI=1S/C18H23N3O2/c19-11-12-2-1-3-14(8-12)18(23)21-17(15-9-16(22)10-15)13-4-6-20-7-5-13/h1-3,8,13,15-17,20,22H,4-7,9-10H2,(H,21,23)/t15?,16?,17-/m1/s1. The molecule has 0 aromatic heterocycles. The van der Waals surface area contributed by atoms with Gasteiger partial charge in [0.25, 0.3) is 5.91 Å². The van der Waals surface area contributed by atoms with E-state index < -0.39 is 0 Å². The number of hydrogen-bond acceptors (Lipinski definition) is 4. The summed E-state index contributed by atoms with van der Waals surface area (Å²) in [4.78, 5) is 12.6. The van der Waals surface area contributed by atoms with Gasteiger partial charge in [-0.3, -0.25) is 4.79 Å². The lowest BCUT2D eigenvalue weighted by molar-refractivity contribution is 0.00919. The van der Waals surface area contributed by atoms with Crippen molar-refractivity contribution in [2.24, 2.45) is 11.8 Å². The van der Waals surface area contributed by atoms with E-state index in [1.165, 1.54) is 0 Å². The molecule has 1 aromatic rings. The van der Waals surface area contributed by atoms with Crippen LogP contribution in [0, 0.1) is 23.2 Å². The summed E-state index contributed by atoms with van der Waals surface area (Å²) in [6.07, 6.45) is 3.43. The second kappa shape index (κ2) is 7.12. The highest BCUT2D eigenvalue weighted by Gasteiger charge is 2.39. The molecule has 1 atom stereocenters. The molecule has 1 saturated heterocycles. The van der Waals surface area contributed by atoms with E-state index in [0.29, 0.717) is 23.0 Å². The smallest absolute Gasteiger partial charge is 0.251 e. The molecule has 2 fully saturated rings. The monoisotopic (exact) mass is 313 g/mol. The molecular weight excluding hydrogens is 290 g/mol. The first-order valence-corrected chi connectivity index (χ1v) is 8.37. The number of piperidine rings is 1. The predicted octanol–water partition coefficient (Wildman–Crippen LogP) is 1.43. The minimum atomic E-state index is -0.219. The molecule has 3 rings (SSSR count). The molecule has 1 aliphatic heterocycles. The molecule has 1 heterocycles. The van der Waals surface area contributed by atoms with Crippen LogP contribution in [0.3, 0.4) is 0 Å². The molecule has 0 radical (unpaired) electrons. The Morgan fingerprint density at radius 2 is 2.04 bits per heavy atom. The summed E-state index contributed by atoms with van der Waals surface area (Å²) in [5.41, 5.74) is 1.03. The first-order valence-electron chi connectivity index (χ1n) is 8.37. The van der Waals surface area contributed by atoms with Gasteiger partial charge in [0, 0.05) is 11.6 Å². The summed E-state index contributed by atoms with van der Waals surface area (Å²) in [6, 6.07) is 8.98. The van der Waals surface area contributed by atoms with Crippen LogP contribution in [0.15, 0.2) is 24.3 Å². The minimum Gasteiger partial charge on any atom is -0.393 e. The fraction of sp³-hybridized carbons (Fsp3) is 0.556. The van der Waals surface area contributed by atoms with Crippen molar-refractivity contribution < 1.29 is 9.90 Å².